The van der Waals surface area contributed by atoms with E-state index >= 15 is 0 Å². The van der Waals surface area contributed by atoms with Crippen LogP contribution in [0, 0.1) is 0 Å². The fourth-order valence-corrected chi connectivity index (χ4v) is 2.60. The van der Waals surface area contributed by atoms with Gasteiger partial charge in [0.15, 0.2) is 4.32 Å². The molecule has 0 saturated carbocycles. The van der Waals surface area contributed by atoms with E-state index in [2.05, 4.69) is 0 Å². The van der Waals surface area contributed by atoms with Crippen LogP contribution in [-0.2, 0) is 4.79 Å². The van der Waals surface area contributed by atoms with E-state index in [0.29, 0.717) is 9.23 Å². The SMILES string of the molecule is CN(C)c1ccc(/C=C2\SC(=S)N(N)C2=O)cc1. The summed E-state index contributed by atoms with van der Waals surface area (Å²) in [7, 11) is 3.96. The first-order valence-corrected chi connectivity index (χ1v) is 6.51. The van der Waals surface area contributed by atoms with E-state index in [1.807, 2.05) is 43.3 Å². The van der Waals surface area contributed by atoms with Crippen LogP contribution in [0.25, 0.3) is 6.08 Å². The molecule has 0 aliphatic carbocycles. The minimum Gasteiger partial charge on any atom is -0.378 e. The monoisotopic (exact) mass is 279 g/mol. The van der Waals surface area contributed by atoms with Crippen molar-refractivity contribution >= 4 is 46.0 Å². The second-order valence-electron chi connectivity index (χ2n) is 4.04. The van der Waals surface area contributed by atoms with Gasteiger partial charge in [0.1, 0.15) is 0 Å². The highest BCUT2D eigenvalue weighted by Gasteiger charge is 2.29. The molecule has 0 atom stereocenters. The largest absolute Gasteiger partial charge is 0.378 e. The Balaban J connectivity index is 2.24. The van der Waals surface area contributed by atoms with Gasteiger partial charge in [-0.1, -0.05) is 36.1 Å². The Labute approximate surface area is 115 Å². The molecular formula is C12H13N3OS2. The zero-order valence-electron chi connectivity index (χ0n) is 10.1. The van der Waals surface area contributed by atoms with Crippen molar-refractivity contribution in [2.45, 2.75) is 0 Å². The van der Waals surface area contributed by atoms with Gasteiger partial charge in [0.2, 0.25) is 0 Å². The van der Waals surface area contributed by atoms with E-state index < -0.39 is 0 Å². The predicted molar refractivity (Wildman–Crippen MR) is 80.0 cm³/mol. The molecule has 2 rings (SSSR count). The van der Waals surface area contributed by atoms with Crippen molar-refractivity contribution in [3.63, 3.8) is 0 Å². The van der Waals surface area contributed by atoms with Gasteiger partial charge in [-0.25, -0.2) is 10.9 Å². The number of amides is 1. The third-order valence-corrected chi connectivity index (χ3v) is 3.86. The molecule has 1 aliphatic rings. The fraction of sp³-hybridized carbons (Fsp3) is 0.167. The second kappa shape index (κ2) is 5.09. The van der Waals surface area contributed by atoms with Crippen LogP contribution >= 0.6 is 24.0 Å². The van der Waals surface area contributed by atoms with E-state index in [9.17, 15) is 4.79 Å². The number of benzene rings is 1. The van der Waals surface area contributed by atoms with Gasteiger partial charge in [-0.15, -0.1) is 0 Å². The van der Waals surface area contributed by atoms with Gasteiger partial charge in [-0.3, -0.25) is 4.79 Å². The Morgan fingerprint density at radius 2 is 1.94 bits per heavy atom. The number of hydrogen-bond donors (Lipinski definition) is 1. The van der Waals surface area contributed by atoms with Crippen LogP contribution in [0.5, 0.6) is 0 Å². The number of carbonyl (C=O) groups is 1. The van der Waals surface area contributed by atoms with Gasteiger partial charge in [0.25, 0.3) is 5.91 Å². The fourth-order valence-electron chi connectivity index (χ4n) is 1.50. The van der Waals surface area contributed by atoms with Crippen molar-refractivity contribution in [3.8, 4) is 0 Å². The summed E-state index contributed by atoms with van der Waals surface area (Å²) in [6, 6.07) is 7.90. The lowest BCUT2D eigenvalue weighted by Crippen LogP contribution is -2.34. The highest BCUT2D eigenvalue weighted by molar-refractivity contribution is 8.26. The first-order chi connectivity index (χ1) is 8.49. The third-order valence-electron chi connectivity index (χ3n) is 2.53. The molecule has 18 heavy (non-hydrogen) atoms. The molecule has 6 heteroatoms. The van der Waals surface area contributed by atoms with Crippen LogP contribution in [0.15, 0.2) is 29.2 Å². The van der Waals surface area contributed by atoms with E-state index in [1.54, 1.807) is 6.08 Å². The summed E-state index contributed by atoms with van der Waals surface area (Å²) in [6.07, 6.45) is 1.80. The summed E-state index contributed by atoms with van der Waals surface area (Å²) in [6.45, 7) is 0. The van der Waals surface area contributed by atoms with Crippen LogP contribution in [0.3, 0.4) is 0 Å². The highest BCUT2D eigenvalue weighted by atomic mass is 32.2. The smallest absolute Gasteiger partial charge is 0.280 e. The molecule has 0 aromatic heterocycles. The number of nitrogens with zero attached hydrogens (tertiary/aromatic N) is 2. The minimum atomic E-state index is -0.248. The van der Waals surface area contributed by atoms with E-state index in [4.69, 9.17) is 18.1 Å². The van der Waals surface area contributed by atoms with Crippen molar-refractivity contribution in [1.82, 2.24) is 5.01 Å². The number of rotatable bonds is 2. The molecule has 0 spiro atoms. The minimum absolute atomic E-state index is 0.248. The van der Waals surface area contributed by atoms with Crippen LogP contribution in [0.2, 0.25) is 0 Å². The van der Waals surface area contributed by atoms with E-state index in [-0.39, 0.29) is 5.91 Å². The number of thioether (sulfide) groups is 1. The molecule has 1 heterocycles. The average molecular weight is 279 g/mol. The standard InChI is InChI=1S/C12H13N3OS2/c1-14(2)9-5-3-8(4-6-9)7-10-11(16)15(13)12(17)18-10/h3-7H,13H2,1-2H3/b10-7-. The predicted octanol–water partition coefficient (Wildman–Crippen LogP) is 1.83. The Bertz CT molecular complexity index is 523. The highest BCUT2D eigenvalue weighted by Crippen LogP contribution is 2.30. The van der Waals surface area contributed by atoms with Gasteiger partial charge in [-0.2, -0.15) is 0 Å². The quantitative estimate of drug-likeness (QED) is 0.387. The van der Waals surface area contributed by atoms with Gasteiger partial charge in [0.05, 0.1) is 4.91 Å². The number of anilines is 1. The summed E-state index contributed by atoms with van der Waals surface area (Å²) in [5.74, 6) is 5.26. The molecule has 0 unspecified atom stereocenters. The maximum atomic E-state index is 11.7. The van der Waals surface area contributed by atoms with Crippen molar-refractivity contribution < 1.29 is 4.79 Å². The zero-order chi connectivity index (χ0) is 13.3. The van der Waals surface area contributed by atoms with E-state index in [1.165, 1.54) is 11.8 Å². The number of hydrazine groups is 1. The number of hydrogen-bond acceptors (Lipinski definition) is 5. The first kappa shape index (κ1) is 13.1. The van der Waals surface area contributed by atoms with Gasteiger partial charge in [-0.05, 0) is 23.8 Å². The topological polar surface area (TPSA) is 49.6 Å². The van der Waals surface area contributed by atoms with Crippen LogP contribution in [0.4, 0.5) is 5.69 Å². The number of carbonyl (C=O) groups excluding carboxylic acids is 1. The van der Waals surface area contributed by atoms with Crippen molar-refractivity contribution in [1.29, 1.82) is 0 Å². The van der Waals surface area contributed by atoms with Crippen LogP contribution in [0.1, 0.15) is 5.56 Å². The lowest BCUT2D eigenvalue weighted by molar-refractivity contribution is -0.122. The maximum absolute atomic E-state index is 11.7. The van der Waals surface area contributed by atoms with Crippen LogP contribution < -0.4 is 10.7 Å². The van der Waals surface area contributed by atoms with Crippen molar-refractivity contribution in [2.75, 3.05) is 19.0 Å². The normalized spacial score (nSPS) is 17.7. The summed E-state index contributed by atoms with van der Waals surface area (Å²) < 4.78 is 0.385. The Hall–Kier alpha value is -1.37. The molecule has 2 N–H and O–H groups in total. The number of nitrogens with two attached hydrogens (primary N) is 1. The molecule has 0 radical (unpaired) electrons. The Morgan fingerprint density at radius 1 is 1.33 bits per heavy atom. The molecule has 1 aliphatic heterocycles. The molecule has 4 nitrogen and oxygen atoms in total. The molecule has 0 bridgehead atoms. The lowest BCUT2D eigenvalue weighted by Gasteiger charge is -2.11. The maximum Gasteiger partial charge on any atom is 0.280 e. The van der Waals surface area contributed by atoms with Gasteiger partial charge in [0, 0.05) is 19.8 Å². The number of thiocarbonyl (C=S) groups is 1. The zero-order valence-corrected chi connectivity index (χ0v) is 11.7. The molecule has 1 aromatic rings. The third kappa shape index (κ3) is 2.55. The summed E-state index contributed by atoms with van der Waals surface area (Å²) in [5.41, 5.74) is 2.06. The van der Waals surface area contributed by atoms with Crippen molar-refractivity contribution in [3.05, 3.63) is 34.7 Å². The first-order valence-electron chi connectivity index (χ1n) is 5.29. The molecule has 1 saturated heterocycles. The summed E-state index contributed by atoms with van der Waals surface area (Å²) in [5, 5.41) is 1.00. The Morgan fingerprint density at radius 3 is 2.39 bits per heavy atom. The molecular weight excluding hydrogens is 266 g/mol. The lowest BCUT2D eigenvalue weighted by atomic mass is 10.2. The molecule has 1 fully saturated rings. The van der Waals surface area contributed by atoms with Gasteiger partial charge < -0.3 is 4.90 Å². The average Bonchev–Trinajstić information content (AvgIpc) is 2.58. The van der Waals surface area contributed by atoms with E-state index in [0.717, 1.165) is 16.3 Å². The van der Waals surface area contributed by atoms with Crippen molar-refractivity contribution in [2.24, 2.45) is 5.84 Å². The molecule has 94 valence electrons. The summed E-state index contributed by atoms with van der Waals surface area (Å²) >= 11 is 6.18. The molecule has 1 aromatic carbocycles. The van der Waals surface area contributed by atoms with Gasteiger partial charge >= 0.3 is 0 Å². The molecule has 1 amide bonds. The Kier molecular flexibility index (Phi) is 3.70. The summed E-state index contributed by atoms with van der Waals surface area (Å²) in [4.78, 5) is 14.3. The van der Waals surface area contributed by atoms with Crippen LogP contribution in [-0.4, -0.2) is 29.3 Å². The second-order valence-corrected chi connectivity index (χ2v) is 5.71.